The minimum atomic E-state index is -0.571. The molecule has 1 aromatic heterocycles. The summed E-state index contributed by atoms with van der Waals surface area (Å²) in [6.45, 7) is 4.63. The number of hydrogen-bond acceptors (Lipinski definition) is 3. The van der Waals surface area contributed by atoms with E-state index in [2.05, 4.69) is 207 Å². The summed E-state index contributed by atoms with van der Waals surface area (Å²) in [6.07, 6.45) is 0. The maximum atomic E-state index is 6.59. The lowest BCUT2D eigenvalue weighted by atomic mass is 9.67. The van der Waals surface area contributed by atoms with Crippen molar-refractivity contribution in [2.24, 2.45) is 0 Å². The predicted molar refractivity (Wildman–Crippen MR) is 230 cm³/mol. The lowest BCUT2D eigenvalue weighted by molar-refractivity contribution is 0.418. The number of hydrogen-bond donors (Lipinski definition) is 0. The molecule has 1 aliphatic heterocycles. The molecule has 2 heterocycles. The van der Waals surface area contributed by atoms with E-state index in [0.717, 1.165) is 28.6 Å². The van der Waals surface area contributed by atoms with Gasteiger partial charge in [-0.1, -0.05) is 147 Å². The Kier molecular flexibility index (Phi) is 7.02. The highest BCUT2D eigenvalue weighted by molar-refractivity contribution is 7.25. The van der Waals surface area contributed by atoms with Gasteiger partial charge in [-0.3, -0.25) is 0 Å². The topological polar surface area (TPSA) is 12.5 Å². The Labute approximate surface area is 325 Å². The van der Waals surface area contributed by atoms with Crippen molar-refractivity contribution < 1.29 is 4.74 Å². The zero-order valence-corrected chi connectivity index (χ0v) is 31.5. The summed E-state index contributed by atoms with van der Waals surface area (Å²) in [7, 11) is 0. The summed E-state index contributed by atoms with van der Waals surface area (Å²) in [4.78, 5) is 2.49. The maximum absolute atomic E-state index is 6.59. The second-order valence-electron chi connectivity index (χ2n) is 15.2. The molecule has 8 aromatic carbocycles. The van der Waals surface area contributed by atoms with Crippen molar-refractivity contribution in [2.75, 3.05) is 4.90 Å². The number of anilines is 3. The van der Waals surface area contributed by atoms with Gasteiger partial charge in [-0.25, -0.2) is 0 Å². The summed E-state index contributed by atoms with van der Waals surface area (Å²) < 4.78 is 9.18. The van der Waals surface area contributed by atoms with Gasteiger partial charge in [0.1, 0.15) is 11.5 Å². The summed E-state index contributed by atoms with van der Waals surface area (Å²) in [5, 5.41) is 2.55. The number of fused-ring (bicyclic) bond motifs is 8. The van der Waals surface area contributed by atoms with Crippen LogP contribution >= 0.6 is 11.3 Å². The zero-order valence-electron chi connectivity index (χ0n) is 30.7. The molecule has 0 bridgehead atoms. The highest BCUT2D eigenvalue weighted by Crippen LogP contribution is 2.59. The van der Waals surface area contributed by atoms with Gasteiger partial charge in [0.2, 0.25) is 0 Å². The minimum absolute atomic E-state index is 0.270. The first-order valence-electron chi connectivity index (χ1n) is 19.0. The fraction of sp³-hybridized carbons (Fsp3) is 0.0769. The average molecular weight is 724 g/mol. The van der Waals surface area contributed by atoms with Gasteiger partial charge in [0.05, 0.1) is 11.1 Å². The van der Waals surface area contributed by atoms with Gasteiger partial charge >= 0.3 is 0 Å². The zero-order chi connectivity index (χ0) is 36.7. The standard InChI is InChI=1S/C52H37NOS/c1-51(2)44-24-12-14-26-47(44)54-48-30-28-36(33-45(48)51)53(35-29-31-50-40(32-35)39-20-8-15-27-49(39)55-50)46-25-13-11-23-43(46)52(34-16-4-3-5-17-34)41-21-9-6-18-37(41)38-19-7-10-22-42(38)52/h3-33H,1-2H3. The fourth-order valence-electron chi connectivity index (χ4n) is 9.52. The molecule has 9 aromatic rings. The van der Waals surface area contributed by atoms with Crippen LogP contribution in [-0.4, -0.2) is 0 Å². The average Bonchev–Trinajstić information content (AvgIpc) is 3.75. The summed E-state index contributed by atoms with van der Waals surface area (Å²) in [5.74, 6) is 1.83. The Morgan fingerprint density at radius 3 is 1.78 bits per heavy atom. The molecule has 0 unspecified atom stereocenters. The Balaban J connectivity index is 1.22. The van der Waals surface area contributed by atoms with Crippen molar-refractivity contribution in [1.82, 2.24) is 0 Å². The Morgan fingerprint density at radius 1 is 0.436 bits per heavy atom. The van der Waals surface area contributed by atoms with Crippen LogP contribution in [-0.2, 0) is 10.8 Å². The third-order valence-corrected chi connectivity index (χ3v) is 13.2. The summed E-state index contributed by atoms with van der Waals surface area (Å²) >= 11 is 1.86. The number of thiophene rings is 1. The van der Waals surface area contributed by atoms with Crippen molar-refractivity contribution in [3.63, 3.8) is 0 Å². The lowest BCUT2D eigenvalue weighted by Crippen LogP contribution is -2.31. The lowest BCUT2D eigenvalue weighted by Gasteiger charge is -2.39. The first-order valence-corrected chi connectivity index (χ1v) is 19.8. The molecule has 1 aliphatic carbocycles. The van der Waals surface area contributed by atoms with Gasteiger partial charge in [0.15, 0.2) is 0 Å². The highest BCUT2D eigenvalue weighted by Gasteiger charge is 2.47. The van der Waals surface area contributed by atoms with Gasteiger partial charge in [-0.05, 0) is 88.0 Å². The van der Waals surface area contributed by atoms with Crippen molar-refractivity contribution in [3.05, 3.63) is 221 Å². The summed E-state index contributed by atoms with van der Waals surface area (Å²) in [6, 6.07) is 69.1. The van der Waals surface area contributed by atoms with Crippen LogP contribution in [0.1, 0.15) is 47.2 Å². The van der Waals surface area contributed by atoms with Gasteiger partial charge in [-0.15, -0.1) is 11.3 Å². The molecule has 0 fully saturated rings. The van der Waals surface area contributed by atoms with Crippen LogP contribution in [0, 0.1) is 0 Å². The van der Waals surface area contributed by atoms with E-state index in [4.69, 9.17) is 4.74 Å². The molecule has 2 nitrogen and oxygen atoms in total. The molecule has 0 radical (unpaired) electrons. The van der Waals surface area contributed by atoms with E-state index < -0.39 is 5.41 Å². The minimum Gasteiger partial charge on any atom is -0.457 e. The number of benzene rings is 8. The molecular weight excluding hydrogens is 687 g/mol. The van der Waals surface area contributed by atoms with Crippen LogP contribution in [0.2, 0.25) is 0 Å². The van der Waals surface area contributed by atoms with Crippen LogP contribution in [0.15, 0.2) is 188 Å². The largest absolute Gasteiger partial charge is 0.457 e. The van der Waals surface area contributed by atoms with Crippen LogP contribution in [0.3, 0.4) is 0 Å². The van der Waals surface area contributed by atoms with Gasteiger partial charge in [0, 0.05) is 48.1 Å². The van der Waals surface area contributed by atoms with E-state index in [0.29, 0.717) is 0 Å². The number of nitrogens with zero attached hydrogens (tertiary/aromatic N) is 1. The molecule has 55 heavy (non-hydrogen) atoms. The molecular formula is C52H37NOS. The van der Waals surface area contributed by atoms with E-state index in [1.54, 1.807) is 0 Å². The number of rotatable bonds is 5. The molecule has 11 rings (SSSR count). The second-order valence-corrected chi connectivity index (χ2v) is 16.3. The maximum Gasteiger partial charge on any atom is 0.131 e. The normalized spacial score (nSPS) is 14.4. The van der Waals surface area contributed by atoms with Crippen molar-refractivity contribution in [1.29, 1.82) is 0 Å². The third kappa shape index (κ3) is 4.60. The Bertz CT molecular complexity index is 2910. The molecule has 0 amide bonds. The SMILES string of the molecule is CC1(C)c2ccccc2Oc2ccc(N(c3ccc4sc5ccccc5c4c3)c3ccccc3C3(c4ccccc4)c4ccccc4-c4ccccc43)cc21. The van der Waals surface area contributed by atoms with E-state index in [-0.39, 0.29) is 5.41 Å². The second kappa shape index (κ2) is 12.0. The molecule has 3 heteroatoms. The monoisotopic (exact) mass is 723 g/mol. The quantitative estimate of drug-likeness (QED) is 0.175. The highest BCUT2D eigenvalue weighted by atomic mass is 32.1. The van der Waals surface area contributed by atoms with Crippen molar-refractivity contribution in [2.45, 2.75) is 24.7 Å². The Morgan fingerprint density at radius 2 is 1.00 bits per heavy atom. The molecule has 0 N–H and O–H groups in total. The molecule has 0 spiro atoms. The fourth-order valence-corrected chi connectivity index (χ4v) is 10.6. The van der Waals surface area contributed by atoms with E-state index in [1.807, 2.05) is 11.3 Å². The van der Waals surface area contributed by atoms with Crippen molar-refractivity contribution in [3.8, 4) is 22.6 Å². The first-order chi connectivity index (χ1) is 27.0. The van der Waals surface area contributed by atoms with Crippen LogP contribution in [0.25, 0.3) is 31.3 Å². The smallest absolute Gasteiger partial charge is 0.131 e. The number of para-hydroxylation sites is 2. The van der Waals surface area contributed by atoms with Gasteiger partial charge in [0.25, 0.3) is 0 Å². The molecule has 0 atom stereocenters. The van der Waals surface area contributed by atoms with Crippen LogP contribution in [0.4, 0.5) is 17.1 Å². The molecule has 262 valence electrons. The molecule has 0 saturated heterocycles. The van der Waals surface area contributed by atoms with E-state index in [9.17, 15) is 0 Å². The van der Waals surface area contributed by atoms with Crippen LogP contribution in [0.5, 0.6) is 11.5 Å². The predicted octanol–water partition coefficient (Wildman–Crippen LogP) is 14.3. The third-order valence-electron chi connectivity index (χ3n) is 12.0. The summed E-state index contributed by atoms with van der Waals surface area (Å²) in [5.41, 5.74) is 12.5. The van der Waals surface area contributed by atoms with Gasteiger partial charge in [-0.2, -0.15) is 0 Å². The molecule has 0 saturated carbocycles. The number of ether oxygens (including phenoxy) is 1. The van der Waals surface area contributed by atoms with Gasteiger partial charge < -0.3 is 9.64 Å². The van der Waals surface area contributed by atoms with E-state index in [1.165, 1.54) is 64.7 Å². The van der Waals surface area contributed by atoms with E-state index >= 15 is 0 Å². The van der Waals surface area contributed by atoms with Crippen molar-refractivity contribution >= 4 is 48.6 Å². The van der Waals surface area contributed by atoms with Crippen LogP contribution < -0.4 is 9.64 Å². The molecule has 2 aliphatic rings. The first kappa shape index (κ1) is 32.0. The Hall–Kier alpha value is -6.42.